The number of carboxylic acids is 1. The minimum absolute atomic E-state index is 0.0844. The lowest BCUT2D eigenvalue weighted by molar-refractivity contribution is -0.141. The molecular weight excluding hydrogens is 274 g/mol. The number of ether oxygens (including phenoxy) is 2. The van der Waals surface area contributed by atoms with Crippen LogP contribution < -0.4 is 10.1 Å². The van der Waals surface area contributed by atoms with Crippen LogP contribution in [-0.4, -0.2) is 36.7 Å². The number of nitrogens with one attached hydrogen (secondary N) is 1. The predicted molar refractivity (Wildman–Crippen MR) is 77.1 cm³/mol. The number of carbonyl (C=O) groups is 2. The minimum atomic E-state index is -0.944. The highest BCUT2D eigenvalue weighted by Crippen LogP contribution is 2.13. The van der Waals surface area contributed by atoms with Crippen molar-refractivity contribution in [3.05, 3.63) is 29.8 Å². The van der Waals surface area contributed by atoms with Gasteiger partial charge in [0.15, 0.2) is 0 Å². The van der Waals surface area contributed by atoms with E-state index < -0.39 is 18.0 Å². The Kier molecular flexibility index (Phi) is 6.68. The lowest BCUT2D eigenvalue weighted by atomic mass is 10.2. The average Bonchev–Trinajstić information content (AvgIpc) is 2.49. The summed E-state index contributed by atoms with van der Waals surface area (Å²) in [5.41, 5.74) is 0.896. The number of benzene rings is 1. The number of methoxy groups -OCH3 is 1. The Morgan fingerprint density at radius 1 is 1.33 bits per heavy atom. The fraction of sp³-hybridized carbons (Fsp3) is 0.467. The molecule has 1 aromatic carbocycles. The van der Waals surface area contributed by atoms with E-state index in [0.29, 0.717) is 0 Å². The highest BCUT2D eigenvalue weighted by atomic mass is 16.5. The van der Waals surface area contributed by atoms with Crippen molar-refractivity contribution in [3.8, 4) is 5.75 Å². The van der Waals surface area contributed by atoms with Crippen molar-refractivity contribution < 1.29 is 24.2 Å². The van der Waals surface area contributed by atoms with Gasteiger partial charge in [-0.25, -0.2) is 0 Å². The SMILES string of the molecule is COc1cccc(COC(C)C(=O)NCC(C)C(=O)O)c1. The number of hydrogen-bond donors (Lipinski definition) is 2. The molecule has 0 radical (unpaired) electrons. The van der Waals surface area contributed by atoms with Gasteiger partial charge in [-0.1, -0.05) is 19.1 Å². The van der Waals surface area contributed by atoms with Gasteiger partial charge < -0.3 is 19.9 Å². The van der Waals surface area contributed by atoms with Crippen LogP contribution >= 0.6 is 0 Å². The summed E-state index contributed by atoms with van der Waals surface area (Å²) in [7, 11) is 1.58. The molecule has 1 amide bonds. The summed E-state index contributed by atoms with van der Waals surface area (Å²) in [6.45, 7) is 3.52. The molecular formula is C15H21NO5. The topological polar surface area (TPSA) is 84.9 Å². The zero-order valence-electron chi connectivity index (χ0n) is 12.5. The van der Waals surface area contributed by atoms with Crippen molar-refractivity contribution in [1.82, 2.24) is 5.32 Å². The normalized spacial score (nSPS) is 13.3. The van der Waals surface area contributed by atoms with Gasteiger partial charge in [0, 0.05) is 6.54 Å². The monoisotopic (exact) mass is 295 g/mol. The smallest absolute Gasteiger partial charge is 0.308 e. The molecule has 0 aliphatic heterocycles. The first kappa shape index (κ1) is 17.0. The van der Waals surface area contributed by atoms with Crippen molar-refractivity contribution >= 4 is 11.9 Å². The van der Waals surface area contributed by atoms with Gasteiger partial charge in [0.25, 0.3) is 0 Å². The van der Waals surface area contributed by atoms with E-state index in [9.17, 15) is 9.59 Å². The summed E-state index contributed by atoms with van der Waals surface area (Å²) in [4.78, 5) is 22.4. The Morgan fingerprint density at radius 2 is 2.05 bits per heavy atom. The molecule has 0 fully saturated rings. The molecule has 0 saturated heterocycles. The van der Waals surface area contributed by atoms with Crippen molar-refractivity contribution in [2.45, 2.75) is 26.6 Å². The van der Waals surface area contributed by atoms with Gasteiger partial charge in [0.05, 0.1) is 19.6 Å². The number of hydrogen-bond acceptors (Lipinski definition) is 4. The first-order valence-corrected chi connectivity index (χ1v) is 6.69. The van der Waals surface area contributed by atoms with E-state index in [-0.39, 0.29) is 19.1 Å². The molecule has 0 bridgehead atoms. The maximum Gasteiger partial charge on any atom is 0.308 e. The molecule has 21 heavy (non-hydrogen) atoms. The molecule has 1 rings (SSSR count). The van der Waals surface area contributed by atoms with Crippen LogP contribution in [0.15, 0.2) is 24.3 Å². The fourth-order valence-electron chi connectivity index (χ4n) is 1.54. The first-order chi connectivity index (χ1) is 9.93. The van der Waals surface area contributed by atoms with Gasteiger partial charge in [-0.3, -0.25) is 9.59 Å². The molecule has 2 atom stereocenters. The molecule has 6 heteroatoms. The first-order valence-electron chi connectivity index (χ1n) is 6.69. The Labute approximate surface area is 124 Å². The minimum Gasteiger partial charge on any atom is -0.497 e. The van der Waals surface area contributed by atoms with Crippen LogP contribution in [0.5, 0.6) is 5.75 Å². The van der Waals surface area contributed by atoms with Crippen LogP contribution in [0.2, 0.25) is 0 Å². The van der Waals surface area contributed by atoms with Gasteiger partial charge in [0.2, 0.25) is 5.91 Å². The standard InChI is InChI=1S/C15H21NO5/c1-10(15(18)19)8-16-14(17)11(2)21-9-12-5-4-6-13(7-12)20-3/h4-7,10-11H,8-9H2,1-3H3,(H,16,17)(H,18,19). The number of rotatable bonds is 8. The van der Waals surface area contributed by atoms with Gasteiger partial charge in [-0.15, -0.1) is 0 Å². The molecule has 0 aromatic heterocycles. The molecule has 0 saturated carbocycles. The zero-order valence-corrected chi connectivity index (χ0v) is 12.5. The highest BCUT2D eigenvalue weighted by Gasteiger charge is 2.16. The van der Waals surface area contributed by atoms with Crippen molar-refractivity contribution in [1.29, 1.82) is 0 Å². The Bertz CT molecular complexity index is 489. The lowest BCUT2D eigenvalue weighted by Gasteiger charge is -2.15. The van der Waals surface area contributed by atoms with Crippen LogP contribution in [0, 0.1) is 5.92 Å². The second-order valence-corrected chi connectivity index (χ2v) is 4.79. The van der Waals surface area contributed by atoms with Crippen LogP contribution in [0.3, 0.4) is 0 Å². The number of carboxylic acid groups (broad SMARTS) is 1. The molecule has 2 N–H and O–H groups in total. The molecule has 0 heterocycles. The number of carbonyl (C=O) groups excluding carboxylic acids is 1. The van der Waals surface area contributed by atoms with Crippen molar-refractivity contribution in [2.24, 2.45) is 5.92 Å². The van der Waals surface area contributed by atoms with Gasteiger partial charge in [-0.2, -0.15) is 0 Å². The molecule has 6 nitrogen and oxygen atoms in total. The third-order valence-electron chi connectivity index (χ3n) is 3.01. The van der Waals surface area contributed by atoms with E-state index in [1.807, 2.05) is 24.3 Å². The fourth-order valence-corrected chi connectivity index (χ4v) is 1.54. The maximum atomic E-state index is 11.8. The maximum absolute atomic E-state index is 11.8. The van der Waals surface area contributed by atoms with Gasteiger partial charge in [-0.05, 0) is 24.6 Å². The Hall–Kier alpha value is -2.08. The van der Waals surface area contributed by atoms with Gasteiger partial charge in [0.1, 0.15) is 11.9 Å². The number of amides is 1. The second kappa shape index (κ2) is 8.26. The molecule has 0 aliphatic rings. The molecule has 2 unspecified atom stereocenters. The van der Waals surface area contributed by atoms with Crippen LogP contribution in [-0.2, 0) is 20.9 Å². The summed E-state index contributed by atoms with van der Waals surface area (Å²) in [6.07, 6.45) is -0.655. The quantitative estimate of drug-likeness (QED) is 0.758. The lowest BCUT2D eigenvalue weighted by Crippen LogP contribution is -2.38. The van der Waals surface area contributed by atoms with E-state index in [0.717, 1.165) is 11.3 Å². The molecule has 1 aromatic rings. The van der Waals surface area contributed by atoms with Gasteiger partial charge >= 0.3 is 5.97 Å². The van der Waals surface area contributed by atoms with E-state index in [1.54, 1.807) is 14.0 Å². The predicted octanol–water partition coefficient (Wildman–Crippen LogP) is 1.44. The van der Waals surface area contributed by atoms with Crippen LogP contribution in [0.1, 0.15) is 19.4 Å². The summed E-state index contributed by atoms with van der Waals surface area (Å²) in [6, 6.07) is 7.38. The largest absolute Gasteiger partial charge is 0.497 e. The van der Waals surface area contributed by atoms with E-state index >= 15 is 0 Å². The summed E-state index contributed by atoms with van der Waals surface area (Å²) < 4.78 is 10.6. The summed E-state index contributed by atoms with van der Waals surface area (Å²) >= 11 is 0. The average molecular weight is 295 g/mol. The summed E-state index contributed by atoms with van der Waals surface area (Å²) in [5.74, 6) is -1.17. The Morgan fingerprint density at radius 3 is 2.67 bits per heavy atom. The third kappa shape index (κ3) is 5.83. The third-order valence-corrected chi connectivity index (χ3v) is 3.01. The highest BCUT2D eigenvalue weighted by molar-refractivity contribution is 5.81. The second-order valence-electron chi connectivity index (χ2n) is 4.79. The Balaban J connectivity index is 2.40. The number of aliphatic carboxylic acids is 1. The van der Waals surface area contributed by atoms with Crippen molar-refractivity contribution in [2.75, 3.05) is 13.7 Å². The molecule has 116 valence electrons. The zero-order chi connectivity index (χ0) is 15.8. The van der Waals surface area contributed by atoms with E-state index in [1.165, 1.54) is 6.92 Å². The van der Waals surface area contributed by atoms with Crippen LogP contribution in [0.25, 0.3) is 0 Å². The van der Waals surface area contributed by atoms with Crippen LogP contribution in [0.4, 0.5) is 0 Å². The summed E-state index contributed by atoms with van der Waals surface area (Å²) in [5, 5.41) is 11.3. The van der Waals surface area contributed by atoms with E-state index in [4.69, 9.17) is 14.6 Å². The van der Waals surface area contributed by atoms with E-state index in [2.05, 4.69) is 5.32 Å². The molecule has 0 spiro atoms. The molecule has 0 aliphatic carbocycles. The van der Waals surface area contributed by atoms with Crippen molar-refractivity contribution in [3.63, 3.8) is 0 Å².